The van der Waals surface area contributed by atoms with Crippen molar-refractivity contribution in [2.75, 3.05) is 38.2 Å². The van der Waals surface area contributed by atoms with Gasteiger partial charge >= 0.3 is 0 Å². The van der Waals surface area contributed by atoms with Gasteiger partial charge in [-0.15, -0.1) is 24.9 Å². The number of hydrogen-bond donors (Lipinski definition) is 1. The van der Waals surface area contributed by atoms with Gasteiger partial charge in [-0.3, -0.25) is 14.4 Å². The number of fused-ring (bicyclic) bond motifs is 1. The van der Waals surface area contributed by atoms with Crippen molar-refractivity contribution in [2.45, 2.75) is 42.2 Å². The Kier molecular flexibility index (Phi) is 7.88. The fraction of sp³-hybridized carbons (Fsp3) is 0.519. The molecule has 2 unspecified atom stereocenters. The minimum absolute atomic E-state index is 0.0103. The number of para-hydroxylation sites is 1. The second-order valence-electron chi connectivity index (χ2n) is 9.82. The number of likely N-dealkylation sites (tertiary alicyclic amines) is 1. The number of benzene rings is 1. The third-order valence-corrected chi connectivity index (χ3v) is 9.95. The molecule has 3 fully saturated rings. The van der Waals surface area contributed by atoms with Gasteiger partial charge in [0.25, 0.3) is 5.91 Å². The predicted octanol–water partition coefficient (Wildman–Crippen LogP) is 3.29. The summed E-state index contributed by atoms with van der Waals surface area (Å²) in [5.41, 5.74) is 1.45. The van der Waals surface area contributed by atoms with Crippen LogP contribution in [0.1, 0.15) is 24.8 Å². The highest BCUT2D eigenvalue weighted by atomic mass is 35.5. The molecule has 3 saturated heterocycles. The van der Waals surface area contributed by atoms with E-state index in [1.54, 1.807) is 51.7 Å². The highest BCUT2D eigenvalue weighted by Crippen LogP contribution is 2.66. The van der Waals surface area contributed by atoms with E-state index in [1.165, 1.54) is 0 Å². The minimum atomic E-state index is -0.755. The fourth-order valence-electron chi connectivity index (χ4n) is 6.27. The zero-order valence-electron chi connectivity index (χ0n) is 20.9. The second-order valence-corrected chi connectivity index (χ2v) is 11.8. The van der Waals surface area contributed by atoms with Gasteiger partial charge in [-0.2, -0.15) is 0 Å². The quantitative estimate of drug-likeness (QED) is 0.469. The molecule has 3 aliphatic heterocycles. The van der Waals surface area contributed by atoms with Gasteiger partial charge in [-0.05, 0) is 37.8 Å². The maximum atomic E-state index is 14.4. The van der Waals surface area contributed by atoms with Crippen LogP contribution in [0.4, 0.5) is 5.69 Å². The number of halogens is 1. The molecular weight excluding hydrogens is 498 g/mol. The lowest BCUT2D eigenvalue weighted by Crippen LogP contribution is -2.55. The lowest BCUT2D eigenvalue weighted by molar-refractivity contribution is -0.143. The summed E-state index contributed by atoms with van der Waals surface area (Å²) < 4.78 is -0.696. The lowest BCUT2D eigenvalue weighted by Gasteiger charge is -2.38. The van der Waals surface area contributed by atoms with Crippen LogP contribution in [0.25, 0.3) is 0 Å². The fourth-order valence-corrected chi connectivity index (χ4v) is 8.80. The molecule has 3 aliphatic rings. The monoisotopic (exact) mass is 531 g/mol. The van der Waals surface area contributed by atoms with Crippen LogP contribution in [0.15, 0.2) is 43.5 Å². The number of carbonyl (C=O) groups excluding carboxylic acids is 3. The molecule has 4 rings (SSSR count). The van der Waals surface area contributed by atoms with Gasteiger partial charge in [-0.1, -0.05) is 35.9 Å². The van der Waals surface area contributed by atoms with Crippen molar-refractivity contribution in [3.8, 4) is 0 Å². The Morgan fingerprint density at radius 1 is 1.28 bits per heavy atom. The molecule has 5 atom stereocenters. The number of hydrogen-bond acceptors (Lipinski definition) is 5. The number of rotatable bonds is 10. The highest BCUT2D eigenvalue weighted by molar-refractivity contribution is 8.02. The van der Waals surface area contributed by atoms with Crippen molar-refractivity contribution in [3.05, 3.63) is 54.1 Å². The normalized spacial score (nSPS) is 28.2. The number of anilines is 1. The first-order valence-corrected chi connectivity index (χ1v) is 13.6. The number of likely N-dealkylation sites (N-methyl/N-ethyl adjacent to an activating group) is 1. The van der Waals surface area contributed by atoms with E-state index < -0.39 is 22.6 Å². The van der Waals surface area contributed by atoms with Gasteiger partial charge in [-0.25, -0.2) is 0 Å². The van der Waals surface area contributed by atoms with Crippen molar-refractivity contribution < 1.29 is 19.5 Å². The van der Waals surface area contributed by atoms with Gasteiger partial charge in [0.2, 0.25) is 11.8 Å². The SMILES string of the molecule is C=CCN(C)C(=O)[C@@H]1[C@@H]2CCC3(S2)C(C(=O)N(CC=C)c2c(C)cccc2Cl)N(CCCO)C(=O)[C@H]13. The Morgan fingerprint density at radius 2 is 2.00 bits per heavy atom. The van der Waals surface area contributed by atoms with Crippen molar-refractivity contribution in [1.82, 2.24) is 9.80 Å². The summed E-state index contributed by atoms with van der Waals surface area (Å²) in [6.45, 7) is 10.3. The minimum Gasteiger partial charge on any atom is -0.396 e. The summed E-state index contributed by atoms with van der Waals surface area (Å²) >= 11 is 8.20. The predicted molar refractivity (Wildman–Crippen MR) is 144 cm³/mol. The smallest absolute Gasteiger partial charge is 0.251 e. The van der Waals surface area contributed by atoms with Crippen LogP contribution in [0.5, 0.6) is 0 Å². The number of thioether (sulfide) groups is 1. The molecule has 7 nitrogen and oxygen atoms in total. The van der Waals surface area contributed by atoms with Crippen LogP contribution in [0, 0.1) is 18.8 Å². The molecule has 1 N–H and O–H groups in total. The number of aliphatic hydroxyl groups is 1. The molecule has 3 amide bonds. The Balaban J connectivity index is 1.79. The summed E-state index contributed by atoms with van der Waals surface area (Å²) in [5.74, 6) is -1.53. The van der Waals surface area contributed by atoms with E-state index in [-0.39, 0.29) is 42.7 Å². The molecule has 2 bridgehead atoms. The molecule has 1 aromatic carbocycles. The van der Waals surface area contributed by atoms with Crippen LogP contribution in [-0.4, -0.2) is 82.0 Å². The van der Waals surface area contributed by atoms with E-state index in [9.17, 15) is 19.5 Å². The first-order chi connectivity index (χ1) is 17.2. The number of aryl methyl sites for hydroxylation is 1. The first kappa shape index (κ1) is 26.8. The zero-order chi connectivity index (χ0) is 26.2. The average Bonchev–Trinajstić information content (AvgIpc) is 3.48. The summed E-state index contributed by atoms with van der Waals surface area (Å²) in [6.07, 6.45) is 5.14. The summed E-state index contributed by atoms with van der Waals surface area (Å²) in [7, 11) is 1.73. The Labute approximate surface area is 222 Å². The van der Waals surface area contributed by atoms with E-state index in [0.717, 1.165) is 12.0 Å². The van der Waals surface area contributed by atoms with E-state index in [0.29, 0.717) is 30.1 Å². The Bertz CT molecular complexity index is 1060. The average molecular weight is 532 g/mol. The maximum absolute atomic E-state index is 14.4. The standard InChI is InChI=1S/C27H34ClN3O4S/c1-5-13-29(4)24(33)20-19-11-12-27(36-19)21(20)25(34)31(15-8-16-32)23(27)26(35)30(14-6-2)22-17(3)9-7-10-18(22)28/h5-7,9-10,19-21,23,32H,1-2,8,11-16H2,3-4H3/t19-,20+,21-,23?,27?/m0/s1. The summed E-state index contributed by atoms with van der Waals surface area (Å²) in [4.78, 5) is 46.7. The van der Waals surface area contributed by atoms with Crippen LogP contribution in [0.2, 0.25) is 5.02 Å². The maximum Gasteiger partial charge on any atom is 0.251 e. The van der Waals surface area contributed by atoms with Gasteiger partial charge in [0.05, 0.1) is 27.3 Å². The van der Waals surface area contributed by atoms with E-state index in [1.807, 2.05) is 19.1 Å². The summed E-state index contributed by atoms with van der Waals surface area (Å²) in [6, 6.07) is 4.73. The number of aliphatic hydroxyl groups excluding tert-OH is 1. The molecular formula is C27H34ClN3O4S. The molecule has 1 spiro atoms. The van der Waals surface area contributed by atoms with Gasteiger partial charge in [0, 0.05) is 38.5 Å². The number of carbonyl (C=O) groups is 3. The van der Waals surface area contributed by atoms with Crippen molar-refractivity contribution in [1.29, 1.82) is 0 Å². The molecule has 0 aliphatic carbocycles. The van der Waals surface area contributed by atoms with Crippen LogP contribution < -0.4 is 4.90 Å². The molecule has 0 radical (unpaired) electrons. The summed E-state index contributed by atoms with van der Waals surface area (Å²) in [5, 5.41) is 9.99. The van der Waals surface area contributed by atoms with Crippen molar-refractivity contribution >= 4 is 46.8 Å². The molecule has 1 aromatic rings. The van der Waals surface area contributed by atoms with Crippen LogP contribution in [-0.2, 0) is 14.4 Å². The third-order valence-electron chi connectivity index (χ3n) is 7.69. The first-order valence-electron chi connectivity index (χ1n) is 12.4. The zero-order valence-corrected chi connectivity index (χ0v) is 22.4. The van der Waals surface area contributed by atoms with E-state index in [4.69, 9.17) is 11.6 Å². The van der Waals surface area contributed by atoms with E-state index >= 15 is 0 Å². The number of amides is 3. The van der Waals surface area contributed by atoms with Gasteiger partial charge in [0.15, 0.2) is 0 Å². The Morgan fingerprint density at radius 3 is 2.64 bits per heavy atom. The van der Waals surface area contributed by atoms with Crippen molar-refractivity contribution in [3.63, 3.8) is 0 Å². The molecule has 3 heterocycles. The topological polar surface area (TPSA) is 81.2 Å². The van der Waals surface area contributed by atoms with E-state index in [2.05, 4.69) is 13.2 Å². The molecule has 9 heteroatoms. The number of nitrogens with zero attached hydrogens (tertiary/aromatic N) is 3. The Hall–Kier alpha value is -2.29. The van der Waals surface area contributed by atoms with Crippen molar-refractivity contribution in [2.24, 2.45) is 11.8 Å². The molecule has 36 heavy (non-hydrogen) atoms. The van der Waals surface area contributed by atoms with Gasteiger partial charge < -0.3 is 19.8 Å². The van der Waals surface area contributed by atoms with Gasteiger partial charge in [0.1, 0.15) is 6.04 Å². The molecule has 0 aromatic heterocycles. The molecule has 194 valence electrons. The second kappa shape index (κ2) is 10.6. The third kappa shape index (κ3) is 4.17. The van der Waals surface area contributed by atoms with Crippen LogP contribution >= 0.6 is 23.4 Å². The molecule has 0 saturated carbocycles. The lowest BCUT2D eigenvalue weighted by atomic mass is 9.70. The highest BCUT2D eigenvalue weighted by Gasteiger charge is 2.74. The largest absolute Gasteiger partial charge is 0.396 e. The van der Waals surface area contributed by atoms with Crippen LogP contribution in [0.3, 0.4) is 0 Å².